The van der Waals surface area contributed by atoms with Crippen molar-refractivity contribution in [3.63, 3.8) is 0 Å². The fourth-order valence-electron chi connectivity index (χ4n) is 3.74. The monoisotopic (exact) mass is 522 g/mol. The van der Waals surface area contributed by atoms with E-state index in [0.717, 1.165) is 16.8 Å². The quantitative estimate of drug-likeness (QED) is 0.133. The van der Waals surface area contributed by atoms with Crippen molar-refractivity contribution in [3.8, 4) is 17.2 Å². The molecule has 0 aliphatic heterocycles. The number of thioether (sulfide) groups is 1. The summed E-state index contributed by atoms with van der Waals surface area (Å²) < 4.78 is 26.8. The number of ether oxygens (including phenoxy) is 2. The Kier molecular flexibility index (Phi) is 8.39. The average Bonchev–Trinajstić information content (AvgIpc) is 3.24. The molecule has 0 unspecified atom stereocenters. The summed E-state index contributed by atoms with van der Waals surface area (Å²) in [5, 5.41) is 20.1. The molecular weight excluding hydrogens is 495 g/mol. The van der Waals surface area contributed by atoms with E-state index in [1.165, 1.54) is 23.9 Å². The van der Waals surface area contributed by atoms with Crippen LogP contribution in [-0.2, 0) is 6.61 Å². The van der Waals surface area contributed by atoms with Crippen LogP contribution in [0.2, 0.25) is 0 Å². The van der Waals surface area contributed by atoms with Crippen molar-refractivity contribution in [2.75, 3.05) is 13.2 Å². The standard InChI is InChI=1S/C27H27FN4O4S/c1-4-35-25-15-21(9-14-24(25)36-17-20-7-10-22(28)11-8-20)26(16-31(33)34)37-27-30-29-19(3)32(27)23-12-5-18(2)6-13-23/h5-15,26H,4,16-17H2,1-3H3/t26-/m1/s1. The van der Waals surface area contributed by atoms with E-state index in [9.17, 15) is 14.5 Å². The predicted octanol–water partition coefficient (Wildman–Crippen LogP) is 6.11. The SMILES string of the molecule is CCOc1cc([C@@H](C[N+](=O)[O-])Sc2nnc(C)n2-c2ccc(C)cc2)ccc1OCc1ccc(F)cc1. The first-order valence-electron chi connectivity index (χ1n) is 11.8. The molecule has 0 saturated heterocycles. The zero-order chi connectivity index (χ0) is 26.4. The van der Waals surface area contributed by atoms with Crippen molar-refractivity contribution in [1.82, 2.24) is 14.8 Å². The summed E-state index contributed by atoms with van der Waals surface area (Å²) in [6.45, 7) is 6.02. The molecule has 0 radical (unpaired) electrons. The third-order valence-electron chi connectivity index (χ3n) is 5.60. The van der Waals surface area contributed by atoms with Crippen LogP contribution in [0.3, 0.4) is 0 Å². The highest BCUT2D eigenvalue weighted by atomic mass is 32.2. The Hall–Kier alpha value is -3.92. The van der Waals surface area contributed by atoms with Gasteiger partial charge in [0.2, 0.25) is 6.54 Å². The maximum atomic E-state index is 13.2. The molecule has 4 rings (SSSR count). The predicted molar refractivity (Wildman–Crippen MR) is 140 cm³/mol. The van der Waals surface area contributed by atoms with Gasteiger partial charge in [-0.05, 0) is 68.3 Å². The Morgan fingerprint density at radius 1 is 1.00 bits per heavy atom. The van der Waals surface area contributed by atoms with Gasteiger partial charge in [0.05, 0.1) is 6.61 Å². The van der Waals surface area contributed by atoms with Crippen LogP contribution in [-0.4, -0.2) is 32.8 Å². The topological polar surface area (TPSA) is 92.3 Å². The lowest BCUT2D eigenvalue weighted by Crippen LogP contribution is -2.11. The largest absolute Gasteiger partial charge is 0.490 e. The Balaban J connectivity index is 1.61. The first kappa shape index (κ1) is 26.2. The smallest absolute Gasteiger partial charge is 0.220 e. The summed E-state index contributed by atoms with van der Waals surface area (Å²) in [6.07, 6.45) is 0. The number of rotatable bonds is 11. The minimum atomic E-state index is -0.548. The number of hydrogen-bond acceptors (Lipinski definition) is 7. The van der Waals surface area contributed by atoms with Crippen LogP contribution < -0.4 is 9.47 Å². The van der Waals surface area contributed by atoms with Gasteiger partial charge in [0.25, 0.3) is 0 Å². The lowest BCUT2D eigenvalue weighted by atomic mass is 10.1. The van der Waals surface area contributed by atoms with E-state index < -0.39 is 5.25 Å². The number of benzene rings is 3. The molecule has 10 heteroatoms. The number of nitro groups is 1. The molecule has 0 fully saturated rings. The van der Waals surface area contributed by atoms with Crippen LogP contribution in [0.4, 0.5) is 4.39 Å². The molecule has 1 aromatic heterocycles. The summed E-state index contributed by atoms with van der Waals surface area (Å²) in [7, 11) is 0. The number of aromatic nitrogens is 3. The van der Waals surface area contributed by atoms with Gasteiger partial charge < -0.3 is 9.47 Å². The minimum absolute atomic E-state index is 0.228. The number of halogens is 1. The van der Waals surface area contributed by atoms with E-state index >= 15 is 0 Å². The zero-order valence-electron chi connectivity index (χ0n) is 20.8. The van der Waals surface area contributed by atoms with Crippen molar-refractivity contribution < 1.29 is 18.8 Å². The van der Waals surface area contributed by atoms with E-state index in [-0.39, 0.29) is 23.9 Å². The fourth-order valence-corrected chi connectivity index (χ4v) is 4.90. The highest BCUT2D eigenvalue weighted by Gasteiger charge is 2.25. The van der Waals surface area contributed by atoms with Gasteiger partial charge in [-0.15, -0.1) is 10.2 Å². The Morgan fingerprint density at radius 3 is 2.41 bits per heavy atom. The van der Waals surface area contributed by atoms with Crippen molar-refractivity contribution in [1.29, 1.82) is 0 Å². The van der Waals surface area contributed by atoms with Gasteiger partial charge in [-0.1, -0.05) is 47.7 Å². The van der Waals surface area contributed by atoms with Gasteiger partial charge in [0.1, 0.15) is 23.5 Å². The van der Waals surface area contributed by atoms with Gasteiger partial charge in [0.15, 0.2) is 16.7 Å². The fraction of sp³-hybridized carbons (Fsp3) is 0.259. The Labute approximate surface area is 218 Å². The first-order chi connectivity index (χ1) is 17.8. The van der Waals surface area contributed by atoms with Crippen molar-refractivity contribution >= 4 is 11.8 Å². The average molecular weight is 523 g/mol. The highest BCUT2D eigenvalue weighted by Crippen LogP contribution is 2.39. The molecule has 0 bridgehead atoms. The molecule has 192 valence electrons. The van der Waals surface area contributed by atoms with Crippen LogP contribution in [0.25, 0.3) is 5.69 Å². The molecule has 1 heterocycles. The molecule has 37 heavy (non-hydrogen) atoms. The second-order valence-electron chi connectivity index (χ2n) is 8.38. The minimum Gasteiger partial charge on any atom is -0.490 e. The second-order valence-corrected chi connectivity index (χ2v) is 9.55. The lowest BCUT2D eigenvalue weighted by Gasteiger charge is -2.17. The van der Waals surface area contributed by atoms with Crippen LogP contribution in [0.1, 0.15) is 34.7 Å². The van der Waals surface area contributed by atoms with Crippen LogP contribution in [0.5, 0.6) is 11.5 Å². The lowest BCUT2D eigenvalue weighted by molar-refractivity contribution is -0.479. The number of nitrogens with zero attached hydrogens (tertiary/aromatic N) is 4. The van der Waals surface area contributed by atoms with Gasteiger partial charge >= 0.3 is 0 Å². The maximum absolute atomic E-state index is 13.2. The highest BCUT2D eigenvalue weighted by molar-refractivity contribution is 7.99. The summed E-state index contributed by atoms with van der Waals surface area (Å²) in [6, 6.07) is 19.3. The third kappa shape index (κ3) is 6.65. The zero-order valence-corrected chi connectivity index (χ0v) is 21.6. The molecule has 3 aromatic carbocycles. The molecule has 0 amide bonds. The maximum Gasteiger partial charge on any atom is 0.220 e. The van der Waals surface area contributed by atoms with Crippen molar-refractivity contribution in [3.05, 3.63) is 105 Å². The number of aryl methyl sites for hydroxylation is 2. The van der Waals surface area contributed by atoms with Crippen LogP contribution in [0.15, 0.2) is 71.9 Å². The van der Waals surface area contributed by atoms with Gasteiger partial charge in [-0.2, -0.15) is 0 Å². The first-order valence-corrected chi connectivity index (χ1v) is 12.6. The molecule has 1 atom stereocenters. The molecule has 0 aliphatic carbocycles. The van der Waals surface area contributed by atoms with Crippen molar-refractivity contribution in [2.24, 2.45) is 0 Å². The second kappa shape index (κ2) is 11.9. The Morgan fingerprint density at radius 2 is 1.73 bits per heavy atom. The van der Waals surface area contributed by atoms with Gasteiger partial charge in [0, 0.05) is 10.6 Å². The summed E-state index contributed by atoms with van der Waals surface area (Å²) in [5.41, 5.74) is 3.52. The molecule has 0 aliphatic rings. The van der Waals surface area contributed by atoms with E-state index in [4.69, 9.17) is 9.47 Å². The summed E-state index contributed by atoms with van der Waals surface area (Å²) in [4.78, 5) is 11.3. The van der Waals surface area contributed by atoms with Crippen molar-refractivity contribution in [2.45, 2.75) is 37.8 Å². The molecule has 0 N–H and O–H groups in total. The normalized spacial score (nSPS) is 11.8. The summed E-state index contributed by atoms with van der Waals surface area (Å²) in [5.74, 6) is 1.35. The van der Waals surface area contributed by atoms with E-state index in [1.807, 2.05) is 49.6 Å². The molecule has 8 nitrogen and oxygen atoms in total. The molecular formula is C27H27FN4O4S. The summed E-state index contributed by atoms with van der Waals surface area (Å²) >= 11 is 1.28. The molecule has 0 saturated carbocycles. The van der Waals surface area contributed by atoms with Crippen LogP contribution >= 0.6 is 11.8 Å². The van der Waals surface area contributed by atoms with Gasteiger partial charge in [-0.3, -0.25) is 14.7 Å². The van der Waals surface area contributed by atoms with E-state index in [2.05, 4.69) is 10.2 Å². The van der Waals surface area contributed by atoms with Crippen LogP contribution in [0, 0.1) is 29.8 Å². The Bertz CT molecular complexity index is 1360. The van der Waals surface area contributed by atoms with E-state index in [0.29, 0.717) is 34.7 Å². The third-order valence-corrected chi connectivity index (χ3v) is 6.78. The molecule has 0 spiro atoms. The molecule has 4 aromatic rings. The number of hydrogen-bond donors (Lipinski definition) is 0. The van der Waals surface area contributed by atoms with E-state index in [1.54, 1.807) is 30.3 Å². The van der Waals surface area contributed by atoms with Gasteiger partial charge in [-0.25, -0.2) is 4.39 Å².